The van der Waals surface area contributed by atoms with Gasteiger partial charge in [-0.25, -0.2) is 8.42 Å². The molecule has 52 heavy (non-hydrogen) atoms. The van der Waals surface area contributed by atoms with E-state index in [0.29, 0.717) is 38.8 Å². The summed E-state index contributed by atoms with van der Waals surface area (Å²) >= 11 is 7.15. The molecule has 1 aliphatic carbocycles. The second kappa shape index (κ2) is 16.1. The predicted molar refractivity (Wildman–Crippen MR) is 211 cm³/mol. The zero-order valence-electron chi connectivity index (χ0n) is 29.1. The van der Waals surface area contributed by atoms with Crippen molar-refractivity contribution in [2.45, 2.75) is 51.5 Å². The fourth-order valence-corrected chi connectivity index (χ4v) is 9.02. The van der Waals surface area contributed by atoms with E-state index in [4.69, 9.17) is 11.6 Å². The maximum atomic E-state index is 11.3. The van der Waals surface area contributed by atoms with Crippen molar-refractivity contribution in [3.05, 3.63) is 118 Å². The number of aryl methyl sites for hydroxylation is 1. The largest absolute Gasteiger partial charge is 0.748 e. The number of benzene rings is 4. The molecule has 0 fully saturated rings. The second-order valence-electron chi connectivity index (χ2n) is 13.3. The van der Waals surface area contributed by atoms with Crippen molar-refractivity contribution in [1.29, 1.82) is 0 Å². The summed E-state index contributed by atoms with van der Waals surface area (Å²) in [5.74, 6) is -0.633. The SMILES string of the molecule is O=S(=O)([O-])CCCCn1/c(=C/C=C2\CCCC(/C=C/C3=[N+](CCCCS(=O)(=O)O)c4cccc5cccc3c45)=C2Cl)c2cccc3cccc1c32.[Na]. The van der Waals surface area contributed by atoms with E-state index in [-0.39, 0.29) is 41.1 Å². The molecule has 0 bridgehead atoms. The van der Waals surface area contributed by atoms with Gasteiger partial charge in [0.15, 0.2) is 0 Å². The molecular formula is C40H39ClN2NaO6S2. The Hall–Kier alpha value is -3.06. The van der Waals surface area contributed by atoms with Crippen LogP contribution in [0.15, 0.2) is 107 Å². The van der Waals surface area contributed by atoms with Crippen LogP contribution in [0.3, 0.4) is 0 Å². The molecule has 1 aliphatic heterocycles. The standard InChI is InChI=1S/C40H39ClN2O6S2.Na/c41-40-30(20-22-34-32-16-6-10-28-12-8-18-36(38(28)32)42(34)24-1-3-26-50(44,45)46)14-5-15-31(40)21-23-35-33-17-7-11-29-13-9-19-37(39(29)33)43(35)25-2-4-27-51(47,48)49;/h6-13,16-23H,1-5,14-15,24-27H2,(H-,44,45,46,47,48,49);. The molecule has 0 unspecified atom stereocenters. The molecule has 1 N–H and O–H groups in total. The van der Waals surface area contributed by atoms with Gasteiger partial charge in [0.2, 0.25) is 11.4 Å². The number of hydrogen-bond acceptors (Lipinski definition) is 5. The van der Waals surface area contributed by atoms with E-state index in [9.17, 15) is 25.9 Å². The van der Waals surface area contributed by atoms with Crippen molar-refractivity contribution in [3.63, 3.8) is 0 Å². The average molecular weight is 766 g/mol. The minimum absolute atomic E-state index is 0. The van der Waals surface area contributed by atoms with Gasteiger partial charge in [0.1, 0.15) is 6.54 Å². The van der Waals surface area contributed by atoms with Crippen LogP contribution in [0, 0.1) is 0 Å². The Balaban J connectivity index is 0.00000464. The van der Waals surface area contributed by atoms with Crippen LogP contribution in [0.25, 0.3) is 38.5 Å². The number of unbranched alkanes of at least 4 members (excludes halogenated alkanes) is 2. The maximum absolute atomic E-state index is 11.3. The number of nitrogens with zero attached hydrogens (tertiary/aromatic N) is 2. The van der Waals surface area contributed by atoms with E-state index in [1.807, 2.05) is 18.2 Å². The van der Waals surface area contributed by atoms with Gasteiger partial charge >= 0.3 is 0 Å². The Morgan fingerprint density at radius 2 is 1.50 bits per heavy atom. The van der Waals surface area contributed by atoms with Crippen molar-refractivity contribution in [2.75, 3.05) is 18.1 Å². The summed E-state index contributed by atoms with van der Waals surface area (Å²) in [6, 6.07) is 24.9. The molecular weight excluding hydrogens is 727 g/mol. The fourth-order valence-electron chi connectivity index (χ4n) is 7.58. The van der Waals surface area contributed by atoms with Gasteiger partial charge in [-0.15, -0.1) is 0 Å². The number of aromatic nitrogens is 1. The van der Waals surface area contributed by atoms with E-state index >= 15 is 0 Å². The maximum Gasteiger partial charge on any atom is 0.264 e. The summed E-state index contributed by atoms with van der Waals surface area (Å²) in [6.45, 7) is 1.18. The first-order chi connectivity index (χ1) is 24.5. The number of halogens is 1. The summed E-state index contributed by atoms with van der Waals surface area (Å²) in [5, 5.41) is 7.44. The van der Waals surface area contributed by atoms with Gasteiger partial charge in [0.25, 0.3) is 10.1 Å². The summed E-state index contributed by atoms with van der Waals surface area (Å²) in [7, 11) is -8.28. The van der Waals surface area contributed by atoms with Gasteiger partial charge in [0.05, 0.1) is 26.8 Å². The quantitative estimate of drug-likeness (QED) is 0.0579. The van der Waals surface area contributed by atoms with E-state index in [0.717, 1.165) is 90.2 Å². The Bertz CT molecular complexity index is 2580. The molecule has 0 saturated carbocycles. The summed E-state index contributed by atoms with van der Waals surface area (Å²) in [6.07, 6.45) is 12.9. The van der Waals surface area contributed by atoms with Gasteiger partial charge < -0.3 is 9.12 Å². The average Bonchev–Trinajstić information content (AvgIpc) is 3.57. The molecule has 265 valence electrons. The topological polar surface area (TPSA) is 120 Å². The number of allylic oxidation sites excluding steroid dienone is 6. The third-order valence-electron chi connectivity index (χ3n) is 9.88. The third kappa shape index (κ3) is 8.35. The minimum Gasteiger partial charge on any atom is -0.748 e. The third-order valence-corrected chi connectivity index (χ3v) is 12.0. The molecule has 5 aromatic rings. The van der Waals surface area contributed by atoms with Gasteiger partial charge in [-0.1, -0.05) is 78.4 Å². The first kappa shape index (κ1) is 38.7. The van der Waals surface area contributed by atoms with Crippen molar-refractivity contribution < 1.29 is 30.5 Å². The molecule has 1 aromatic heterocycles. The van der Waals surface area contributed by atoms with Gasteiger partial charge in [-0.3, -0.25) is 4.55 Å². The molecule has 0 saturated heterocycles. The van der Waals surface area contributed by atoms with Crippen LogP contribution in [0.5, 0.6) is 0 Å². The van der Waals surface area contributed by atoms with Crippen molar-refractivity contribution in [2.24, 2.45) is 0 Å². The van der Waals surface area contributed by atoms with Crippen LogP contribution in [0.4, 0.5) is 5.69 Å². The van der Waals surface area contributed by atoms with E-state index in [2.05, 4.69) is 88.0 Å². The van der Waals surface area contributed by atoms with Crippen LogP contribution < -0.4 is 5.35 Å². The number of hydrogen-bond donors (Lipinski definition) is 1. The molecule has 2 heterocycles. The molecule has 0 amide bonds. The van der Waals surface area contributed by atoms with Gasteiger partial charge in [-0.2, -0.15) is 13.0 Å². The van der Waals surface area contributed by atoms with Crippen LogP contribution in [0.2, 0.25) is 0 Å². The second-order valence-corrected chi connectivity index (χ2v) is 16.8. The monoisotopic (exact) mass is 765 g/mol. The zero-order chi connectivity index (χ0) is 35.8. The molecule has 4 aromatic carbocycles. The minimum atomic E-state index is -4.26. The smallest absolute Gasteiger partial charge is 0.264 e. The summed E-state index contributed by atoms with van der Waals surface area (Å²) in [4.78, 5) is 0. The zero-order valence-corrected chi connectivity index (χ0v) is 33.5. The summed E-state index contributed by atoms with van der Waals surface area (Å²) in [5.41, 5.74) is 6.38. The van der Waals surface area contributed by atoms with Crippen LogP contribution in [-0.2, 0) is 26.8 Å². The molecule has 12 heteroatoms. The Kier molecular flexibility index (Phi) is 12.0. The Morgan fingerprint density at radius 3 is 2.25 bits per heavy atom. The number of rotatable bonds is 13. The molecule has 0 spiro atoms. The van der Waals surface area contributed by atoms with E-state index in [1.54, 1.807) is 0 Å². The molecule has 8 nitrogen and oxygen atoms in total. The predicted octanol–water partition coefficient (Wildman–Crippen LogP) is 7.37. The Labute approximate surface area is 331 Å². The normalized spacial score (nSPS) is 16.4. The first-order valence-corrected chi connectivity index (χ1v) is 20.9. The Morgan fingerprint density at radius 1 is 0.808 bits per heavy atom. The van der Waals surface area contributed by atoms with Crippen LogP contribution in [-0.4, -0.2) is 88.4 Å². The van der Waals surface area contributed by atoms with E-state index in [1.165, 1.54) is 0 Å². The molecule has 1 radical (unpaired) electrons. The van der Waals surface area contributed by atoms with E-state index < -0.39 is 20.2 Å². The fraction of sp³-hybridized carbons (Fsp3) is 0.275. The molecule has 0 atom stereocenters. The van der Waals surface area contributed by atoms with Gasteiger partial charge in [0, 0.05) is 87.1 Å². The first-order valence-electron chi connectivity index (χ1n) is 17.3. The van der Waals surface area contributed by atoms with Crippen molar-refractivity contribution in [3.8, 4) is 0 Å². The van der Waals surface area contributed by atoms with Crippen LogP contribution >= 0.6 is 11.6 Å². The van der Waals surface area contributed by atoms with Crippen molar-refractivity contribution >= 4 is 111 Å². The summed E-state index contributed by atoms with van der Waals surface area (Å²) < 4.78 is 70.1. The molecule has 2 aliphatic rings. The van der Waals surface area contributed by atoms with Crippen molar-refractivity contribution in [1.82, 2.24) is 4.57 Å². The van der Waals surface area contributed by atoms with Crippen LogP contribution in [0.1, 0.15) is 50.5 Å². The molecule has 7 rings (SSSR count). The van der Waals surface area contributed by atoms with Gasteiger partial charge in [-0.05, 0) is 78.7 Å².